The molecule has 5 rings (SSSR count). The number of ether oxygens (including phenoxy) is 1. The van der Waals surface area contributed by atoms with Crippen LogP contribution in [0.15, 0.2) is 36.4 Å². The van der Waals surface area contributed by atoms with Gasteiger partial charge in [0.25, 0.3) is 5.91 Å². The second-order valence-corrected chi connectivity index (χ2v) is 14.1. The van der Waals surface area contributed by atoms with E-state index < -0.39 is 63.7 Å². The van der Waals surface area contributed by atoms with E-state index in [0.29, 0.717) is 25.9 Å². The van der Waals surface area contributed by atoms with Crippen molar-refractivity contribution < 1.29 is 32.3 Å². The minimum absolute atomic E-state index is 0.00664. The molecule has 4 aliphatic rings. The predicted molar refractivity (Wildman–Crippen MR) is 161 cm³/mol. The maximum Gasteiger partial charge on any atom is 0.410 e. The zero-order chi connectivity index (χ0) is 31.6. The van der Waals surface area contributed by atoms with Crippen molar-refractivity contribution in [3.05, 3.63) is 52.4 Å². The molecular weight excluding hydrogens is 612 g/mol. The minimum atomic E-state index is -4.12. The molecule has 1 aliphatic carbocycles. The molecule has 0 aromatic heterocycles. The molecule has 15 heteroatoms. The van der Waals surface area contributed by atoms with Gasteiger partial charge in [0.05, 0.1) is 6.54 Å². The fraction of sp³-hybridized carbons (Fsp3) is 0.586. The largest absolute Gasteiger partial charge is 0.565 e. The van der Waals surface area contributed by atoms with Gasteiger partial charge in [0.15, 0.2) is 0 Å². The van der Waals surface area contributed by atoms with Gasteiger partial charge in [0, 0.05) is 39.5 Å². The molecule has 5 atom stereocenters. The van der Waals surface area contributed by atoms with E-state index in [4.69, 9.17) is 16.5 Å². The highest BCUT2D eigenvalue weighted by atomic mass is 35.5. The molecule has 1 aromatic rings. The summed E-state index contributed by atoms with van der Waals surface area (Å²) in [6.07, 6.45) is 6.04. The lowest BCUT2D eigenvalue weighted by Crippen LogP contribution is -2.57. The lowest BCUT2D eigenvalue weighted by atomic mass is 10.1. The fourth-order valence-corrected chi connectivity index (χ4v) is 6.86. The minimum Gasteiger partial charge on any atom is -0.565 e. The van der Waals surface area contributed by atoms with Crippen LogP contribution in [-0.2, 0) is 42.4 Å². The number of nitrogens with one attached hydrogen (secondary N) is 2. The van der Waals surface area contributed by atoms with Crippen LogP contribution >= 0.6 is 11.8 Å². The quantitative estimate of drug-likeness (QED) is 0.463. The number of fused-ring (bicyclic) bond motifs is 3. The SMILES string of the molecule is CN(C)S(=O)(=O)NC(=O)[C@@]12C[C@H]1/C=C\CCCCC[C@H]([N-]Cl)C(=O)N1C[C@H](OC(=O)N3Cc4ccccc4C3)C[C@H]1C(=O)N2. The highest BCUT2D eigenvalue weighted by Gasteiger charge is 2.61. The van der Waals surface area contributed by atoms with Gasteiger partial charge in [0.2, 0.25) is 11.8 Å². The fourth-order valence-electron chi connectivity index (χ4n) is 6.08. The van der Waals surface area contributed by atoms with Gasteiger partial charge in [-0.25, -0.2) is 9.52 Å². The van der Waals surface area contributed by atoms with E-state index in [1.807, 2.05) is 36.4 Å². The van der Waals surface area contributed by atoms with Crippen LogP contribution < -0.4 is 10.0 Å². The Labute approximate surface area is 262 Å². The van der Waals surface area contributed by atoms with Crippen molar-refractivity contribution in [2.75, 3.05) is 20.6 Å². The molecule has 0 radical (unpaired) electrons. The first-order chi connectivity index (χ1) is 20.9. The molecule has 2 fully saturated rings. The Hall–Kier alpha value is -3.20. The summed E-state index contributed by atoms with van der Waals surface area (Å²) in [5, 5.41) is 2.77. The van der Waals surface area contributed by atoms with E-state index in [1.54, 1.807) is 4.90 Å². The Morgan fingerprint density at radius 1 is 1.14 bits per heavy atom. The summed E-state index contributed by atoms with van der Waals surface area (Å²) in [5.74, 6) is -2.42. The highest BCUT2D eigenvalue weighted by molar-refractivity contribution is 7.87. The van der Waals surface area contributed by atoms with Crippen molar-refractivity contribution in [1.29, 1.82) is 0 Å². The van der Waals surface area contributed by atoms with Gasteiger partial charge in [-0.3, -0.25) is 31.1 Å². The van der Waals surface area contributed by atoms with Crippen molar-refractivity contribution in [3.8, 4) is 0 Å². The van der Waals surface area contributed by atoms with Gasteiger partial charge in [-0.05, 0) is 36.4 Å². The summed E-state index contributed by atoms with van der Waals surface area (Å²) >= 11 is 5.87. The summed E-state index contributed by atoms with van der Waals surface area (Å²) in [5.41, 5.74) is 0.535. The van der Waals surface area contributed by atoms with Gasteiger partial charge < -0.3 is 19.8 Å². The second-order valence-electron chi connectivity index (χ2n) is 12.0. The molecule has 0 bridgehead atoms. The molecule has 13 nitrogen and oxygen atoms in total. The van der Waals surface area contributed by atoms with E-state index in [2.05, 4.69) is 14.9 Å². The van der Waals surface area contributed by atoms with Crippen molar-refractivity contribution in [2.24, 2.45) is 5.92 Å². The smallest absolute Gasteiger partial charge is 0.410 e. The van der Waals surface area contributed by atoms with Gasteiger partial charge in [-0.1, -0.05) is 55.7 Å². The number of carbonyl (C=O) groups is 4. The molecule has 1 saturated heterocycles. The summed E-state index contributed by atoms with van der Waals surface area (Å²) < 4.78 is 33.7. The second kappa shape index (κ2) is 13.0. The number of nitrogens with zero attached hydrogens (tertiary/aromatic N) is 4. The third-order valence-electron chi connectivity index (χ3n) is 8.80. The average Bonchev–Trinajstić information content (AvgIpc) is 3.29. The number of benzene rings is 1. The van der Waals surface area contributed by atoms with Crippen molar-refractivity contribution in [2.45, 2.75) is 81.8 Å². The Kier molecular flexibility index (Phi) is 9.54. The maximum atomic E-state index is 13.9. The number of rotatable bonds is 5. The van der Waals surface area contributed by atoms with Gasteiger partial charge >= 0.3 is 16.3 Å². The van der Waals surface area contributed by atoms with E-state index in [-0.39, 0.29) is 19.4 Å². The van der Waals surface area contributed by atoms with Crippen LogP contribution in [0.4, 0.5) is 4.79 Å². The van der Waals surface area contributed by atoms with Crippen molar-refractivity contribution >= 4 is 45.8 Å². The first-order valence-corrected chi connectivity index (χ1v) is 16.6. The molecule has 1 aromatic carbocycles. The van der Waals surface area contributed by atoms with Crippen LogP contribution in [0.3, 0.4) is 0 Å². The van der Waals surface area contributed by atoms with Crippen molar-refractivity contribution in [1.82, 2.24) is 24.1 Å². The number of hydrogen-bond acceptors (Lipinski definition) is 7. The maximum absolute atomic E-state index is 13.9. The molecule has 240 valence electrons. The standard InChI is InChI=1S/C29H38ClN6O7S/c1-34(2)44(41,42)33-27(39)29-15-21(29)12-6-4-3-5-7-13-23(32-30)26(38)36-18-22(14-24(36)25(37)31-29)43-28(40)35-16-19-10-8-9-11-20(19)17-35/h6,8-12,21-24H,3-5,7,13-18H2,1-2H3,(H,31,37)(H,33,39)/q-1/b12-6-/t21-,22-,23+,24+,29-/m1/s1. The number of hydrogen-bond donors (Lipinski definition) is 2. The highest BCUT2D eigenvalue weighted by Crippen LogP contribution is 2.46. The molecular formula is C29H38ClN6O7S-. The number of allylic oxidation sites excluding steroid dienone is 1. The van der Waals surface area contributed by atoms with Crippen LogP contribution in [0.5, 0.6) is 0 Å². The summed E-state index contributed by atoms with van der Waals surface area (Å²) in [6, 6.07) is 5.71. The predicted octanol–water partition coefficient (Wildman–Crippen LogP) is 2.32. The van der Waals surface area contributed by atoms with E-state index in [0.717, 1.165) is 34.7 Å². The van der Waals surface area contributed by atoms with Crippen LogP contribution in [0, 0.1) is 5.92 Å². The molecule has 0 unspecified atom stereocenters. The first kappa shape index (κ1) is 32.2. The zero-order valence-electron chi connectivity index (χ0n) is 24.8. The van der Waals surface area contributed by atoms with E-state index in [1.165, 1.54) is 19.0 Å². The monoisotopic (exact) mass is 649 g/mol. The number of amides is 4. The Bertz CT molecular complexity index is 1410. The van der Waals surface area contributed by atoms with Crippen LogP contribution in [0.2, 0.25) is 0 Å². The van der Waals surface area contributed by atoms with E-state index in [9.17, 15) is 27.6 Å². The number of halogens is 1. The Balaban J connectivity index is 1.37. The normalized spacial score (nSPS) is 29.9. The zero-order valence-corrected chi connectivity index (χ0v) is 26.3. The molecule has 44 heavy (non-hydrogen) atoms. The molecule has 2 N–H and O–H groups in total. The van der Waals surface area contributed by atoms with Crippen molar-refractivity contribution in [3.63, 3.8) is 0 Å². The molecule has 4 amide bonds. The van der Waals surface area contributed by atoms with Crippen LogP contribution in [0.1, 0.15) is 56.1 Å². The summed E-state index contributed by atoms with van der Waals surface area (Å²) in [6.45, 7) is 0.734. The van der Waals surface area contributed by atoms with Crippen LogP contribution in [-0.4, -0.2) is 90.7 Å². The van der Waals surface area contributed by atoms with E-state index >= 15 is 0 Å². The van der Waals surface area contributed by atoms with Gasteiger partial charge in [-0.2, -0.15) is 12.7 Å². The molecule has 1 saturated carbocycles. The van der Waals surface area contributed by atoms with Gasteiger partial charge in [0.1, 0.15) is 17.7 Å². The summed E-state index contributed by atoms with van der Waals surface area (Å²) in [7, 11) is -1.55. The molecule has 3 aliphatic heterocycles. The topological polar surface area (TPSA) is 160 Å². The lowest BCUT2D eigenvalue weighted by Gasteiger charge is -2.33. The number of carbonyl (C=O) groups excluding carboxylic acids is 4. The molecule has 3 heterocycles. The summed E-state index contributed by atoms with van der Waals surface area (Å²) in [4.78, 5) is 60.7. The lowest BCUT2D eigenvalue weighted by molar-refractivity contribution is -0.140. The molecule has 0 spiro atoms. The Morgan fingerprint density at radius 2 is 1.84 bits per heavy atom. The first-order valence-electron chi connectivity index (χ1n) is 14.8. The third-order valence-corrected chi connectivity index (χ3v) is 10.4. The van der Waals surface area contributed by atoms with Crippen LogP contribution in [0.25, 0.3) is 4.84 Å². The van der Waals surface area contributed by atoms with Gasteiger partial charge in [-0.15, -0.1) is 0 Å². The average molecular weight is 650 g/mol. The third kappa shape index (κ3) is 6.72. The Morgan fingerprint density at radius 3 is 2.50 bits per heavy atom.